The number of esters is 1. The van der Waals surface area contributed by atoms with Crippen LogP contribution < -0.4 is 5.32 Å². The summed E-state index contributed by atoms with van der Waals surface area (Å²) in [5, 5.41) is 3.24. The molecule has 1 heterocycles. The summed E-state index contributed by atoms with van der Waals surface area (Å²) >= 11 is 1.16. The molecule has 1 aliphatic carbocycles. The molecule has 3 rings (SSSR count). The van der Waals surface area contributed by atoms with Gasteiger partial charge in [-0.1, -0.05) is 41.7 Å². The Morgan fingerprint density at radius 1 is 1.32 bits per heavy atom. The number of rotatable bonds is 5. The van der Waals surface area contributed by atoms with Crippen molar-refractivity contribution in [2.45, 2.75) is 19.8 Å². The van der Waals surface area contributed by atoms with Crippen molar-refractivity contribution in [3.8, 4) is 11.3 Å². The summed E-state index contributed by atoms with van der Waals surface area (Å²) in [6, 6.07) is 9.42. The van der Waals surface area contributed by atoms with Gasteiger partial charge in [0.1, 0.15) is 4.88 Å². The number of carbonyl (C=O) groups excluding carboxylic acids is 2. The second-order valence-corrected chi connectivity index (χ2v) is 6.05. The van der Waals surface area contributed by atoms with Crippen LogP contribution in [0.5, 0.6) is 0 Å². The van der Waals surface area contributed by atoms with Gasteiger partial charge in [0, 0.05) is 11.5 Å². The first-order valence-electron chi connectivity index (χ1n) is 7.23. The SMILES string of the molecule is CCOC(=O)c1sc(NC(=O)C2CC2)nc1-c1ccccc1. The Kier molecular flexibility index (Phi) is 4.20. The summed E-state index contributed by atoms with van der Waals surface area (Å²) in [4.78, 5) is 28.8. The molecule has 2 aromatic rings. The highest BCUT2D eigenvalue weighted by Crippen LogP contribution is 2.34. The highest BCUT2D eigenvalue weighted by Gasteiger charge is 2.31. The molecule has 0 aliphatic heterocycles. The molecule has 0 bridgehead atoms. The van der Waals surface area contributed by atoms with E-state index >= 15 is 0 Å². The lowest BCUT2D eigenvalue weighted by molar-refractivity contribution is -0.117. The first-order valence-corrected chi connectivity index (χ1v) is 8.05. The fraction of sp³-hybridized carbons (Fsp3) is 0.312. The predicted molar refractivity (Wildman–Crippen MR) is 84.9 cm³/mol. The normalized spacial score (nSPS) is 13.7. The van der Waals surface area contributed by atoms with Crippen molar-refractivity contribution in [1.82, 2.24) is 4.98 Å². The van der Waals surface area contributed by atoms with Gasteiger partial charge in [-0.3, -0.25) is 4.79 Å². The van der Waals surface area contributed by atoms with Crippen molar-refractivity contribution in [3.63, 3.8) is 0 Å². The predicted octanol–water partition coefficient (Wildman–Crippen LogP) is 3.34. The molecule has 1 fully saturated rings. The van der Waals surface area contributed by atoms with Crippen LogP contribution in [0.25, 0.3) is 11.3 Å². The lowest BCUT2D eigenvalue weighted by Crippen LogP contribution is -2.12. The number of hydrogen-bond donors (Lipinski definition) is 1. The molecule has 1 aliphatic rings. The van der Waals surface area contributed by atoms with Crippen LogP contribution >= 0.6 is 11.3 Å². The van der Waals surface area contributed by atoms with E-state index in [9.17, 15) is 9.59 Å². The molecule has 114 valence electrons. The molecule has 1 aromatic carbocycles. The molecular weight excluding hydrogens is 300 g/mol. The van der Waals surface area contributed by atoms with Crippen LogP contribution in [0.1, 0.15) is 29.4 Å². The van der Waals surface area contributed by atoms with Gasteiger partial charge in [-0.25, -0.2) is 9.78 Å². The van der Waals surface area contributed by atoms with E-state index in [2.05, 4.69) is 10.3 Å². The van der Waals surface area contributed by atoms with E-state index in [0.29, 0.717) is 22.3 Å². The number of hydrogen-bond acceptors (Lipinski definition) is 5. The number of ether oxygens (including phenoxy) is 1. The molecule has 1 saturated carbocycles. The first-order chi connectivity index (χ1) is 10.7. The Hall–Kier alpha value is -2.21. The Bertz CT molecular complexity index is 693. The first kappa shape index (κ1) is 14.7. The topological polar surface area (TPSA) is 68.3 Å². The summed E-state index contributed by atoms with van der Waals surface area (Å²) in [5.41, 5.74) is 1.38. The molecule has 0 radical (unpaired) electrons. The van der Waals surface area contributed by atoms with E-state index in [4.69, 9.17) is 4.74 Å². The summed E-state index contributed by atoms with van der Waals surface area (Å²) in [6.07, 6.45) is 1.85. The highest BCUT2D eigenvalue weighted by molar-refractivity contribution is 7.18. The molecule has 0 atom stereocenters. The smallest absolute Gasteiger partial charge is 0.350 e. The second kappa shape index (κ2) is 6.27. The molecule has 6 heteroatoms. The van der Waals surface area contributed by atoms with Gasteiger partial charge in [-0.2, -0.15) is 0 Å². The summed E-state index contributed by atoms with van der Waals surface area (Å²) in [7, 11) is 0. The number of nitrogens with one attached hydrogen (secondary N) is 1. The average Bonchev–Trinajstić information content (AvgIpc) is 3.29. The van der Waals surface area contributed by atoms with Gasteiger partial charge in [-0.15, -0.1) is 0 Å². The van der Waals surface area contributed by atoms with E-state index in [-0.39, 0.29) is 11.8 Å². The standard InChI is InChI=1S/C16H16N2O3S/c1-2-21-15(20)13-12(10-6-4-3-5-7-10)17-16(22-13)18-14(19)11-8-9-11/h3-7,11H,2,8-9H2,1H3,(H,17,18,19). The lowest BCUT2D eigenvalue weighted by Gasteiger charge is -2.01. The molecule has 0 spiro atoms. The zero-order valence-corrected chi connectivity index (χ0v) is 13.0. The molecule has 1 aromatic heterocycles. The van der Waals surface area contributed by atoms with Crippen LogP contribution in [0.2, 0.25) is 0 Å². The van der Waals surface area contributed by atoms with Crippen LogP contribution in [0.4, 0.5) is 5.13 Å². The van der Waals surface area contributed by atoms with Gasteiger partial charge in [0.2, 0.25) is 5.91 Å². The van der Waals surface area contributed by atoms with Crippen molar-refractivity contribution >= 4 is 28.3 Å². The minimum absolute atomic E-state index is 0.0243. The van der Waals surface area contributed by atoms with Gasteiger partial charge in [0.25, 0.3) is 0 Å². The van der Waals surface area contributed by atoms with E-state index in [0.717, 1.165) is 29.7 Å². The van der Waals surface area contributed by atoms with Crippen LogP contribution in [-0.2, 0) is 9.53 Å². The quantitative estimate of drug-likeness (QED) is 0.859. The number of nitrogens with zero attached hydrogens (tertiary/aromatic N) is 1. The van der Waals surface area contributed by atoms with Crippen molar-refractivity contribution in [3.05, 3.63) is 35.2 Å². The van der Waals surface area contributed by atoms with E-state index in [1.54, 1.807) is 6.92 Å². The largest absolute Gasteiger partial charge is 0.462 e. The van der Waals surface area contributed by atoms with Crippen LogP contribution in [0, 0.1) is 5.92 Å². The number of amides is 1. The Morgan fingerprint density at radius 2 is 2.05 bits per heavy atom. The maximum absolute atomic E-state index is 12.1. The van der Waals surface area contributed by atoms with Gasteiger partial charge in [0.15, 0.2) is 5.13 Å². The fourth-order valence-corrected chi connectivity index (χ4v) is 2.94. The Labute approximate surface area is 132 Å². The maximum Gasteiger partial charge on any atom is 0.350 e. The molecule has 1 N–H and O–H groups in total. The maximum atomic E-state index is 12.1. The molecule has 5 nitrogen and oxygen atoms in total. The van der Waals surface area contributed by atoms with Crippen LogP contribution in [-0.4, -0.2) is 23.5 Å². The minimum atomic E-state index is -0.411. The number of thiazole rings is 1. The number of anilines is 1. The number of carbonyl (C=O) groups is 2. The average molecular weight is 316 g/mol. The van der Waals surface area contributed by atoms with Crippen LogP contribution in [0.3, 0.4) is 0 Å². The molecule has 0 saturated heterocycles. The van der Waals surface area contributed by atoms with Gasteiger partial charge in [-0.05, 0) is 19.8 Å². The number of aromatic nitrogens is 1. The molecule has 22 heavy (non-hydrogen) atoms. The van der Waals surface area contributed by atoms with E-state index < -0.39 is 5.97 Å². The summed E-state index contributed by atoms with van der Waals surface area (Å²) < 4.78 is 5.09. The van der Waals surface area contributed by atoms with E-state index in [1.165, 1.54) is 0 Å². The van der Waals surface area contributed by atoms with E-state index in [1.807, 2.05) is 30.3 Å². The van der Waals surface area contributed by atoms with Crippen LogP contribution in [0.15, 0.2) is 30.3 Å². The summed E-state index contributed by atoms with van der Waals surface area (Å²) in [6.45, 7) is 2.06. The third-order valence-corrected chi connectivity index (χ3v) is 4.26. The monoisotopic (exact) mass is 316 g/mol. The molecule has 0 unspecified atom stereocenters. The number of benzene rings is 1. The highest BCUT2D eigenvalue weighted by atomic mass is 32.1. The zero-order valence-electron chi connectivity index (χ0n) is 12.2. The lowest BCUT2D eigenvalue weighted by atomic mass is 10.1. The third-order valence-electron chi connectivity index (χ3n) is 3.31. The summed E-state index contributed by atoms with van der Waals surface area (Å²) in [5.74, 6) is -0.343. The van der Waals surface area contributed by atoms with Crippen molar-refractivity contribution < 1.29 is 14.3 Å². The Morgan fingerprint density at radius 3 is 2.68 bits per heavy atom. The van der Waals surface area contributed by atoms with Gasteiger partial charge in [0.05, 0.1) is 12.3 Å². The van der Waals surface area contributed by atoms with Crippen molar-refractivity contribution in [2.24, 2.45) is 5.92 Å². The minimum Gasteiger partial charge on any atom is -0.462 e. The van der Waals surface area contributed by atoms with Gasteiger partial charge >= 0.3 is 5.97 Å². The molecular formula is C16H16N2O3S. The Balaban J connectivity index is 1.93. The van der Waals surface area contributed by atoms with Crippen molar-refractivity contribution in [1.29, 1.82) is 0 Å². The van der Waals surface area contributed by atoms with Gasteiger partial charge < -0.3 is 10.1 Å². The van der Waals surface area contributed by atoms with Crippen molar-refractivity contribution in [2.75, 3.05) is 11.9 Å². The molecule has 1 amide bonds. The third kappa shape index (κ3) is 3.17. The zero-order chi connectivity index (χ0) is 15.5. The fourth-order valence-electron chi connectivity index (χ4n) is 2.05. The second-order valence-electron chi connectivity index (χ2n) is 5.05.